The van der Waals surface area contributed by atoms with Gasteiger partial charge in [0.1, 0.15) is 5.82 Å². The summed E-state index contributed by atoms with van der Waals surface area (Å²) in [5, 5.41) is 7.56. The molecule has 1 aromatic heterocycles. The Kier molecular flexibility index (Phi) is 3.68. The molecule has 0 radical (unpaired) electrons. The van der Waals surface area contributed by atoms with Gasteiger partial charge in [0.05, 0.1) is 6.20 Å². The Hall–Kier alpha value is -1.12. The number of nitrogens with two attached hydrogens (primary N) is 1. The number of hydrogen-bond acceptors (Lipinski definition) is 3. The maximum atomic E-state index is 5.54. The molecule has 0 amide bonds. The molecule has 0 bridgehead atoms. The molecule has 0 fully saturated rings. The van der Waals surface area contributed by atoms with Gasteiger partial charge < -0.3 is 5.73 Å². The highest BCUT2D eigenvalue weighted by molar-refractivity contribution is 5.29. The van der Waals surface area contributed by atoms with Gasteiger partial charge in [0, 0.05) is 0 Å². The van der Waals surface area contributed by atoms with Crippen molar-refractivity contribution in [2.24, 2.45) is 5.92 Å². The number of hydrogen-bond donors (Lipinski definition) is 1. The predicted octanol–water partition coefficient (Wildman–Crippen LogP) is 2.04. The highest BCUT2D eigenvalue weighted by atomic mass is 15.1. The van der Waals surface area contributed by atoms with Gasteiger partial charge in [-0.15, -0.1) is 5.10 Å². The standard InChI is InChI=1S/C10H17N3/c1-3-8(4-2)5-9-6-10(11)13-12-7-9/h6-8H,3-5H2,1-2H3,(H2,11,13). The Morgan fingerprint density at radius 2 is 2.08 bits per heavy atom. The second-order valence-corrected chi connectivity index (χ2v) is 3.38. The van der Waals surface area contributed by atoms with Crippen LogP contribution in [0.3, 0.4) is 0 Å². The zero-order chi connectivity index (χ0) is 9.68. The molecule has 3 nitrogen and oxygen atoms in total. The molecule has 0 aliphatic heterocycles. The van der Waals surface area contributed by atoms with Crippen molar-refractivity contribution in [3.63, 3.8) is 0 Å². The third-order valence-electron chi connectivity index (χ3n) is 2.41. The maximum Gasteiger partial charge on any atom is 0.146 e. The Morgan fingerprint density at radius 1 is 1.38 bits per heavy atom. The minimum atomic E-state index is 0.517. The van der Waals surface area contributed by atoms with Gasteiger partial charge in [0.2, 0.25) is 0 Å². The lowest BCUT2D eigenvalue weighted by Gasteiger charge is -2.11. The van der Waals surface area contributed by atoms with Crippen LogP contribution in [-0.2, 0) is 6.42 Å². The molecule has 0 aromatic carbocycles. The summed E-state index contributed by atoms with van der Waals surface area (Å²) < 4.78 is 0. The van der Waals surface area contributed by atoms with Gasteiger partial charge in [0.25, 0.3) is 0 Å². The fraction of sp³-hybridized carbons (Fsp3) is 0.600. The smallest absolute Gasteiger partial charge is 0.146 e. The van der Waals surface area contributed by atoms with Gasteiger partial charge in [-0.1, -0.05) is 26.7 Å². The zero-order valence-electron chi connectivity index (χ0n) is 8.33. The highest BCUT2D eigenvalue weighted by Gasteiger charge is 2.05. The number of anilines is 1. The number of aromatic nitrogens is 2. The van der Waals surface area contributed by atoms with Gasteiger partial charge in [0.15, 0.2) is 0 Å². The summed E-state index contributed by atoms with van der Waals surface area (Å²) in [5.74, 6) is 1.26. The molecule has 0 saturated heterocycles. The van der Waals surface area contributed by atoms with E-state index >= 15 is 0 Å². The molecule has 1 aromatic rings. The lowest BCUT2D eigenvalue weighted by atomic mass is 9.96. The van der Waals surface area contributed by atoms with E-state index in [-0.39, 0.29) is 0 Å². The first-order chi connectivity index (χ1) is 6.26. The monoisotopic (exact) mass is 179 g/mol. The first-order valence-electron chi connectivity index (χ1n) is 4.83. The van der Waals surface area contributed by atoms with Crippen LogP contribution in [-0.4, -0.2) is 10.2 Å². The van der Waals surface area contributed by atoms with Crippen LogP contribution in [0.1, 0.15) is 32.3 Å². The molecule has 3 heteroatoms. The lowest BCUT2D eigenvalue weighted by Crippen LogP contribution is -2.03. The minimum absolute atomic E-state index is 0.517. The van der Waals surface area contributed by atoms with E-state index in [1.54, 1.807) is 6.20 Å². The van der Waals surface area contributed by atoms with E-state index < -0.39 is 0 Å². The molecule has 0 atom stereocenters. The van der Waals surface area contributed by atoms with Crippen LogP contribution in [0.15, 0.2) is 12.3 Å². The van der Waals surface area contributed by atoms with Gasteiger partial charge in [-0.3, -0.25) is 0 Å². The van der Waals surface area contributed by atoms with Crippen LogP contribution >= 0.6 is 0 Å². The predicted molar refractivity (Wildman–Crippen MR) is 54.2 cm³/mol. The van der Waals surface area contributed by atoms with E-state index in [9.17, 15) is 0 Å². The first-order valence-corrected chi connectivity index (χ1v) is 4.83. The average Bonchev–Trinajstić information content (AvgIpc) is 2.14. The van der Waals surface area contributed by atoms with Gasteiger partial charge in [-0.05, 0) is 24.0 Å². The van der Waals surface area contributed by atoms with E-state index in [1.807, 2.05) is 6.07 Å². The summed E-state index contributed by atoms with van der Waals surface area (Å²) in [6.07, 6.45) is 5.28. The Bertz CT molecular complexity index is 256. The van der Waals surface area contributed by atoms with Crippen molar-refractivity contribution in [3.8, 4) is 0 Å². The molecule has 13 heavy (non-hydrogen) atoms. The van der Waals surface area contributed by atoms with Crippen molar-refractivity contribution in [3.05, 3.63) is 17.8 Å². The normalized spacial score (nSPS) is 10.7. The molecule has 72 valence electrons. The second-order valence-electron chi connectivity index (χ2n) is 3.38. The van der Waals surface area contributed by atoms with Gasteiger partial charge in [-0.2, -0.15) is 5.10 Å². The first kappa shape index (κ1) is 9.96. The number of nitrogens with zero attached hydrogens (tertiary/aromatic N) is 2. The summed E-state index contributed by atoms with van der Waals surface area (Å²) in [7, 11) is 0. The molecule has 0 aliphatic carbocycles. The van der Waals surface area contributed by atoms with Gasteiger partial charge in [-0.25, -0.2) is 0 Å². The molecule has 2 N–H and O–H groups in total. The van der Waals surface area contributed by atoms with Gasteiger partial charge >= 0.3 is 0 Å². The Morgan fingerprint density at radius 3 is 2.62 bits per heavy atom. The third kappa shape index (κ3) is 3.01. The van der Waals surface area contributed by atoms with Crippen LogP contribution < -0.4 is 5.73 Å². The summed E-state index contributed by atoms with van der Waals surface area (Å²) in [4.78, 5) is 0. The minimum Gasteiger partial charge on any atom is -0.382 e. The van der Waals surface area contributed by atoms with Crippen LogP contribution in [0.4, 0.5) is 5.82 Å². The van der Waals surface area contributed by atoms with Crippen molar-refractivity contribution in [1.82, 2.24) is 10.2 Å². The zero-order valence-corrected chi connectivity index (χ0v) is 8.33. The Balaban J connectivity index is 2.62. The van der Waals surface area contributed by atoms with E-state index in [0.717, 1.165) is 12.3 Å². The number of rotatable bonds is 4. The molecule has 0 unspecified atom stereocenters. The fourth-order valence-electron chi connectivity index (χ4n) is 1.45. The van der Waals surface area contributed by atoms with Crippen molar-refractivity contribution >= 4 is 5.82 Å². The van der Waals surface area contributed by atoms with Crippen molar-refractivity contribution in [2.45, 2.75) is 33.1 Å². The van der Waals surface area contributed by atoms with Crippen LogP contribution in [0.2, 0.25) is 0 Å². The van der Waals surface area contributed by atoms with Crippen LogP contribution in [0, 0.1) is 5.92 Å². The molecular formula is C10H17N3. The van der Waals surface area contributed by atoms with Crippen molar-refractivity contribution in [1.29, 1.82) is 0 Å². The van der Waals surface area contributed by atoms with Crippen molar-refractivity contribution < 1.29 is 0 Å². The Labute approximate surface area is 79.4 Å². The molecule has 0 saturated carbocycles. The molecule has 1 heterocycles. The summed E-state index contributed by atoms with van der Waals surface area (Å²) >= 11 is 0. The SMILES string of the molecule is CCC(CC)Cc1cnnc(N)c1. The summed E-state index contributed by atoms with van der Waals surface area (Å²) in [6, 6.07) is 1.91. The summed E-state index contributed by atoms with van der Waals surface area (Å²) in [6.45, 7) is 4.43. The summed E-state index contributed by atoms with van der Waals surface area (Å²) in [5.41, 5.74) is 6.74. The molecule has 1 rings (SSSR count). The van der Waals surface area contributed by atoms with E-state index in [1.165, 1.54) is 18.4 Å². The highest BCUT2D eigenvalue weighted by Crippen LogP contribution is 2.15. The number of nitrogen functional groups attached to an aromatic ring is 1. The molecule has 0 spiro atoms. The van der Waals surface area contributed by atoms with Crippen LogP contribution in [0.5, 0.6) is 0 Å². The largest absolute Gasteiger partial charge is 0.382 e. The van der Waals surface area contributed by atoms with Crippen molar-refractivity contribution in [2.75, 3.05) is 5.73 Å². The second kappa shape index (κ2) is 4.80. The molecule has 0 aliphatic rings. The van der Waals surface area contributed by atoms with E-state index in [2.05, 4.69) is 24.0 Å². The topological polar surface area (TPSA) is 51.8 Å². The van der Waals surface area contributed by atoms with Crippen LogP contribution in [0.25, 0.3) is 0 Å². The fourth-order valence-corrected chi connectivity index (χ4v) is 1.45. The lowest BCUT2D eigenvalue weighted by molar-refractivity contribution is 0.489. The van der Waals surface area contributed by atoms with E-state index in [0.29, 0.717) is 5.82 Å². The third-order valence-corrected chi connectivity index (χ3v) is 2.41. The molecular weight excluding hydrogens is 162 g/mol. The average molecular weight is 179 g/mol. The quantitative estimate of drug-likeness (QED) is 0.769. The maximum absolute atomic E-state index is 5.54. The van der Waals surface area contributed by atoms with E-state index in [4.69, 9.17) is 5.73 Å².